The predicted molar refractivity (Wildman–Crippen MR) is 98.0 cm³/mol. The van der Waals surface area contributed by atoms with Crippen LogP contribution in [-0.4, -0.2) is 17.6 Å². The SMILES string of the molecule is CCOc1cc(/C=C(\C#N)C(=O)Nc2ccc(Cl)cc2Cl)ccc1O. The van der Waals surface area contributed by atoms with Gasteiger partial charge in [0, 0.05) is 5.02 Å². The molecule has 5 nitrogen and oxygen atoms in total. The number of amides is 1. The fourth-order valence-corrected chi connectivity index (χ4v) is 2.44. The van der Waals surface area contributed by atoms with Crippen LogP contribution in [0.3, 0.4) is 0 Å². The van der Waals surface area contributed by atoms with Gasteiger partial charge in [0.15, 0.2) is 11.5 Å². The van der Waals surface area contributed by atoms with E-state index in [0.717, 1.165) is 0 Å². The second kappa shape index (κ2) is 8.43. The van der Waals surface area contributed by atoms with E-state index in [-0.39, 0.29) is 22.1 Å². The van der Waals surface area contributed by atoms with Crippen LogP contribution in [0.5, 0.6) is 11.5 Å². The summed E-state index contributed by atoms with van der Waals surface area (Å²) >= 11 is 11.8. The second-order valence-electron chi connectivity index (χ2n) is 4.91. The number of nitrogens with one attached hydrogen (secondary N) is 1. The first kappa shape index (κ1) is 18.7. The van der Waals surface area contributed by atoms with Gasteiger partial charge in [0.2, 0.25) is 0 Å². The number of rotatable bonds is 5. The van der Waals surface area contributed by atoms with Gasteiger partial charge in [0.25, 0.3) is 5.91 Å². The van der Waals surface area contributed by atoms with Gasteiger partial charge in [-0.1, -0.05) is 29.3 Å². The van der Waals surface area contributed by atoms with Crippen molar-refractivity contribution in [2.24, 2.45) is 0 Å². The second-order valence-corrected chi connectivity index (χ2v) is 5.75. The minimum atomic E-state index is -0.613. The monoisotopic (exact) mass is 376 g/mol. The van der Waals surface area contributed by atoms with E-state index in [1.54, 1.807) is 31.2 Å². The highest BCUT2D eigenvalue weighted by Crippen LogP contribution is 2.28. The van der Waals surface area contributed by atoms with Crippen molar-refractivity contribution in [2.75, 3.05) is 11.9 Å². The molecule has 7 heteroatoms. The number of carbonyl (C=O) groups is 1. The molecule has 2 rings (SSSR count). The van der Waals surface area contributed by atoms with Crippen molar-refractivity contribution in [3.05, 3.63) is 57.6 Å². The van der Waals surface area contributed by atoms with Crippen LogP contribution in [0.15, 0.2) is 42.0 Å². The Kier molecular flexibility index (Phi) is 6.29. The van der Waals surface area contributed by atoms with Crippen LogP contribution < -0.4 is 10.1 Å². The Morgan fingerprint density at radius 1 is 1.32 bits per heavy atom. The van der Waals surface area contributed by atoms with Crippen molar-refractivity contribution in [2.45, 2.75) is 6.92 Å². The molecule has 0 radical (unpaired) electrons. The van der Waals surface area contributed by atoms with Crippen LogP contribution in [0.1, 0.15) is 12.5 Å². The van der Waals surface area contributed by atoms with Gasteiger partial charge in [-0.15, -0.1) is 0 Å². The van der Waals surface area contributed by atoms with Crippen LogP contribution >= 0.6 is 23.2 Å². The third-order valence-corrected chi connectivity index (χ3v) is 3.69. The molecule has 128 valence electrons. The van der Waals surface area contributed by atoms with E-state index in [9.17, 15) is 15.2 Å². The summed E-state index contributed by atoms with van der Waals surface area (Å²) in [6, 6.07) is 11.0. The minimum Gasteiger partial charge on any atom is -0.504 e. The van der Waals surface area contributed by atoms with Gasteiger partial charge in [0.05, 0.1) is 17.3 Å². The van der Waals surface area contributed by atoms with Crippen molar-refractivity contribution in [3.63, 3.8) is 0 Å². The van der Waals surface area contributed by atoms with E-state index in [0.29, 0.717) is 22.9 Å². The molecule has 0 aliphatic rings. The lowest BCUT2D eigenvalue weighted by Gasteiger charge is -2.08. The summed E-state index contributed by atoms with van der Waals surface area (Å²) in [5, 5.41) is 22.2. The quantitative estimate of drug-likeness (QED) is 0.587. The van der Waals surface area contributed by atoms with Gasteiger partial charge in [0.1, 0.15) is 11.6 Å². The number of anilines is 1. The molecular formula is C18H14Cl2N2O3. The molecule has 0 aliphatic heterocycles. The topological polar surface area (TPSA) is 82.3 Å². The Hall–Kier alpha value is -2.68. The maximum absolute atomic E-state index is 12.3. The molecule has 0 aliphatic carbocycles. The first-order chi connectivity index (χ1) is 11.9. The number of ether oxygens (including phenoxy) is 1. The Morgan fingerprint density at radius 3 is 2.72 bits per heavy atom. The van der Waals surface area contributed by atoms with Crippen LogP contribution in [0.2, 0.25) is 10.0 Å². The summed E-state index contributed by atoms with van der Waals surface area (Å²) in [6.45, 7) is 2.16. The molecule has 2 aromatic carbocycles. The molecule has 0 spiro atoms. The van der Waals surface area contributed by atoms with Gasteiger partial charge in [-0.2, -0.15) is 5.26 Å². The lowest BCUT2D eigenvalue weighted by atomic mass is 10.1. The molecule has 0 saturated heterocycles. The molecule has 0 saturated carbocycles. The van der Waals surface area contributed by atoms with Crippen molar-refractivity contribution >= 4 is 40.9 Å². The van der Waals surface area contributed by atoms with E-state index >= 15 is 0 Å². The fourth-order valence-electron chi connectivity index (χ4n) is 1.99. The zero-order valence-electron chi connectivity index (χ0n) is 13.2. The molecule has 1 amide bonds. The number of hydrogen-bond donors (Lipinski definition) is 2. The fraction of sp³-hybridized carbons (Fsp3) is 0.111. The summed E-state index contributed by atoms with van der Waals surface area (Å²) in [5.41, 5.74) is 0.757. The number of phenolic OH excluding ortho intramolecular Hbond substituents is 1. The standard InChI is InChI=1S/C18H14Cl2N2O3/c1-2-25-17-8-11(3-6-16(17)23)7-12(10-21)18(24)22-15-5-4-13(19)9-14(15)20/h3-9,23H,2H2,1H3,(H,22,24)/b12-7+. The van der Waals surface area contributed by atoms with Gasteiger partial charge in [-0.3, -0.25) is 4.79 Å². The molecule has 0 aromatic heterocycles. The Balaban J connectivity index is 2.26. The highest BCUT2D eigenvalue weighted by molar-refractivity contribution is 6.36. The van der Waals surface area contributed by atoms with E-state index < -0.39 is 5.91 Å². The molecular weight excluding hydrogens is 363 g/mol. The zero-order chi connectivity index (χ0) is 18.4. The summed E-state index contributed by atoms with van der Waals surface area (Å²) < 4.78 is 5.28. The average Bonchev–Trinajstić information content (AvgIpc) is 2.58. The summed E-state index contributed by atoms with van der Waals surface area (Å²) in [6.07, 6.45) is 1.39. The number of benzene rings is 2. The zero-order valence-corrected chi connectivity index (χ0v) is 14.7. The van der Waals surface area contributed by atoms with Crippen molar-refractivity contribution < 1.29 is 14.6 Å². The van der Waals surface area contributed by atoms with E-state index in [2.05, 4.69) is 5.32 Å². The minimum absolute atomic E-state index is 0.0186. The normalized spacial score (nSPS) is 10.9. The molecule has 0 fully saturated rings. The van der Waals surface area contributed by atoms with E-state index in [4.69, 9.17) is 27.9 Å². The molecule has 2 aromatic rings. The van der Waals surface area contributed by atoms with Crippen LogP contribution in [-0.2, 0) is 4.79 Å². The van der Waals surface area contributed by atoms with Crippen molar-refractivity contribution in [1.82, 2.24) is 0 Å². The number of carbonyl (C=O) groups excluding carboxylic acids is 1. The third kappa shape index (κ3) is 4.90. The molecule has 25 heavy (non-hydrogen) atoms. The number of aromatic hydroxyl groups is 1. The molecule has 0 bridgehead atoms. The van der Waals surface area contributed by atoms with E-state index in [1.165, 1.54) is 18.2 Å². The van der Waals surface area contributed by atoms with E-state index in [1.807, 2.05) is 6.07 Å². The highest BCUT2D eigenvalue weighted by atomic mass is 35.5. The van der Waals surface area contributed by atoms with Crippen molar-refractivity contribution in [3.8, 4) is 17.6 Å². The number of nitrogens with zero attached hydrogens (tertiary/aromatic N) is 1. The molecule has 0 heterocycles. The summed E-state index contributed by atoms with van der Waals surface area (Å²) in [5.74, 6) is -0.359. The smallest absolute Gasteiger partial charge is 0.266 e. The summed E-state index contributed by atoms with van der Waals surface area (Å²) in [4.78, 5) is 12.3. The Labute approximate surface area is 155 Å². The Bertz CT molecular complexity index is 873. The predicted octanol–water partition coefficient (Wildman–Crippen LogP) is 4.64. The number of halogens is 2. The van der Waals surface area contributed by atoms with Gasteiger partial charge < -0.3 is 15.2 Å². The number of nitriles is 1. The number of hydrogen-bond acceptors (Lipinski definition) is 4. The van der Waals surface area contributed by atoms with Gasteiger partial charge in [-0.05, 0) is 48.9 Å². The number of phenols is 1. The van der Waals surface area contributed by atoms with Crippen molar-refractivity contribution in [1.29, 1.82) is 5.26 Å². The maximum atomic E-state index is 12.3. The van der Waals surface area contributed by atoms with Crippen LogP contribution in [0.25, 0.3) is 6.08 Å². The molecule has 0 atom stereocenters. The first-order valence-corrected chi connectivity index (χ1v) is 8.04. The maximum Gasteiger partial charge on any atom is 0.266 e. The Morgan fingerprint density at radius 2 is 2.08 bits per heavy atom. The van der Waals surface area contributed by atoms with Crippen LogP contribution in [0, 0.1) is 11.3 Å². The lowest BCUT2D eigenvalue weighted by molar-refractivity contribution is -0.112. The highest BCUT2D eigenvalue weighted by Gasteiger charge is 2.12. The molecule has 2 N–H and O–H groups in total. The lowest BCUT2D eigenvalue weighted by Crippen LogP contribution is -2.13. The van der Waals surface area contributed by atoms with Crippen LogP contribution in [0.4, 0.5) is 5.69 Å². The average molecular weight is 377 g/mol. The third-order valence-electron chi connectivity index (χ3n) is 3.14. The first-order valence-electron chi connectivity index (χ1n) is 7.28. The largest absolute Gasteiger partial charge is 0.504 e. The summed E-state index contributed by atoms with van der Waals surface area (Å²) in [7, 11) is 0. The molecule has 0 unspecified atom stereocenters. The van der Waals surface area contributed by atoms with Gasteiger partial charge in [-0.25, -0.2) is 0 Å². The van der Waals surface area contributed by atoms with Gasteiger partial charge >= 0.3 is 0 Å².